The van der Waals surface area contributed by atoms with Gasteiger partial charge < -0.3 is 10.3 Å². The second kappa shape index (κ2) is 8.17. The summed E-state index contributed by atoms with van der Waals surface area (Å²) in [6.45, 7) is 8.94. The third-order valence-corrected chi connectivity index (χ3v) is 5.70. The summed E-state index contributed by atoms with van der Waals surface area (Å²) in [6.07, 6.45) is 1.76. The number of nitrogens with one attached hydrogen (secondary N) is 2. The number of anilines is 1. The minimum Gasteiger partial charge on any atom is -0.366 e. The first-order chi connectivity index (χ1) is 14.0. The summed E-state index contributed by atoms with van der Waals surface area (Å²) in [6, 6.07) is 14.9. The maximum Gasteiger partial charge on any atom is 0.254 e. The van der Waals surface area contributed by atoms with Gasteiger partial charge in [0.1, 0.15) is 11.6 Å². The summed E-state index contributed by atoms with van der Waals surface area (Å²) < 4.78 is 0. The number of pyridine rings is 1. The fraction of sp³-hybridized carbons (Fsp3) is 0.348. The van der Waals surface area contributed by atoms with E-state index in [0.717, 1.165) is 36.7 Å². The van der Waals surface area contributed by atoms with Crippen LogP contribution in [0.3, 0.4) is 0 Å². The molecule has 4 rings (SSSR count). The number of aromatic amines is 1. The first-order valence-corrected chi connectivity index (χ1v) is 10.1. The van der Waals surface area contributed by atoms with Crippen LogP contribution in [0, 0.1) is 19.8 Å². The van der Waals surface area contributed by atoms with E-state index >= 15 is 0 Å². The zero-order valence-corrected chi connectivity index (χ0v) is 17.1. The summed E-state index contributed by atoms with van der Waals surface area (Å²) in [5, 5.41) is 3.57. The van der Waals surface area contributed by atoms with Gasteiger partial charge >= 0.3 is 0 Å². The predicted molar refractivity (Wildman–Crippen MR) is 116 cm³/mol. The molecule has 0 amide bonds. The van der Waals surface area contributed by atoms with Gasteiger partial charge in [-0.3, -0.25) is 9.69 Å². The van der Waals surface area contributed by atoms with E-state index in [1.165, 1.54) is 5.56 Å². The van der Waals surface area contributed by atoms with Crippen LogP contribution in [-0.2, 0) is 6.54 Å². The Hall–Kier alpha value is -2.99. The van der Waals surface area contributed by atoms with Gasteiger partial charge in [-0.2, -0.15) is 0 Å². The van der Waals surface area contributed by atoms with E-state index < -0.39 is 0 Å². The molecule has 2 unspecified atom stereocenters. The van der Waals surface area contributed by atoms with E-state index in [1.807, 2.05) is 19.1 Å². The highest BCUT2D eigenvalue weighted by Crippen LogP contribution is 2.23. The van der Waals surface area contributed by atoms with Crippen molar-refractivity contribution in [3.8, 4) is 11.4 Å². The van der Waals surface area contributed by atoms with Gasteiger partial charge in [-0.05, 0) is 37.5 Å². The molecule has 2 aromatic heterocycles. The lowest BCUT2D eigenvalue weighted by atomic mass is 10.1. The van der Waals surface area contributed by atoms with Crippen LogP contribution in [0.2, 0.25) is 0 Å². The zero-order valence-electron chi connectivity index (χ0n) is 17.1. The number of aryl methyl sites for hydroxylation is 1. The molecule has 0 aliphatic carbocycles. The van der Waals surface area contributed by atoms with E-state index in [2.05, 4.69) is 62.4 Å². The monoisotopic (exact) mass is 389 g/mol. The summed E-state index contributed by atoms with van der Waals surface area (Å²) >= 11 is 0. The van der Waals surface area contributed by atoms with Crippen molar-refractivity contribution in [3.05, 3.63) is 75.8 Å². The van der Waals surface area contributed by atoms with E-state index in [0.29, 0.717) is 23.3 Å². The highest BCUT2D eigenvalue weighted by molar-refractivity contribution is 5.56. The smallest absolute Gasteiger partial charge is 0.254 e. The number of aromatic nitrogens is 3. The van der Waals surface area contributed by atoms with Gasteiger partial charge in [-0.1, -0.05) is 37.3 Å². The van der Waals surface area contributed by atoms with Crippen LogP contribution < -0.4 is 10.9 Å². The van der Waals surface area contributed by atoms with E-state index in [4.69, 9.17) is 0 Å². The SMILES string of the molecule is Cc1nc(-c2ccc(NC3CN(Cc4ccccc4)CC3C)nc2)[nH]c(=O)c1C. The minimum absolute atomic E-state index is 0.104. The molecule has 29 heavy (non-hydrogen) atoms. The lowest BCUT2D eigenvalue weighted by Crippen LogP contribution is -2.28. The summed E-state index contributed by atoms with van der Waals surface area (Å²) in [5.41, 5.74) is 3.44. The standard InChI is InChI=1S/C23H27N5O/c1-15-12-28(13-18-7-5-4-6-8-18)14-20(15)26-21-10-9-19(11-24-21)22-25-17(3)16(2)23(29)27-22/h4-11,15,20H,12-14H2,1-3H3,(H,24,26)(H,25,27,29). The van der Waals surface area contributed by atoms with E-state index in [9.17, 15) is 4.79 Å². The topological polar surface area (TPSA) is 73.9 Å². The highest BCUT2D eigenvalue weighted by atomic mass is 16.1. The Balaban J connectivity index is 1.42. The first-order valence-electron chi connectivity index (χ1n) is 10.1. The number of hydrogen-bond acceptors (Lipinski definition) is 5. The molecule has 1 aliphatic heterocycles. The number of hydrogen-bond donors (Lipinski definition) is 2. The van der Waals surface area contributed by atoms with Crippen LogP contribution in [0.5, 0.6) is 0 Å². The molecule has 3 heterocycles. The largest absolute Gasteiger partial charge is 0.366 e. The molecule has 0 saturated carbocycles. The summed E-state index contributed by atoms with van der Waals surface area (Å²) in [5.74, 6) is 1.94. The molecule has 1 aromatic carbocycles. The zero-order chi connectivity index (χ0) is 20.4. The van der Waals surface area contributed by atoms with Gasteiger partial charge in [-0.25, -0.2) is 9.97 Å². The number of H-pyrrole nitrogens is 1. The lowest BCUT2D eigenvalue weighted by molar-refractivity contribution is 0.319. The normalized spacial score (nSPS) is 19.4. The van der Waals surface area contributed by atoms with Gasteiger partial charge in [0, 0.05) is 48.7 Å². The van der Waals surface area contributed by atoms with Crippen molar-refractivity contribution >= 4 is 5.82 Å². The molecular formula is C23H27N5O. The molecule has 1 saturated heterocycles. The lowest BCUT2D eigenvalue weighted by Gasteiger charge is -2.18. The van der Waals surface area contributed by atoms with E-state index in [1.54, 1.807) is 13.1 Å². The molecular weight excluding hydrogens is 362 g/mol. The molecule has 0 spiro atoms. The van der Waals surface area contributed by atoms with Crippen molar-refractivity contribution in [1.29, 1.82) is 0 Å². The second-order valence-electron chi connectivity index (χ2n) is 7.96. The third-order valence-electron chi connectivity index (χ3n) is 5.70. The number of likely N-dealkylation sites (tertiary alicyclic amines) is 1. The Morgan fingerprint density at radius 3 is 2.62 bits per heavy atom. The number of nitrogens with zero attached hydrogens (tertiary/aromatic N) is 3. The molecule has 0 bridgehead atoms. The van der Waals surface area contributed by atoms with Crippen molar-refractivity contribution in [2.45, 2.75) is 33.4 Å². The van der Waals surface area contributed by atoms with Crippen molar-refractivity contribution in [2.24, 2.45) is 5.92 Å². The van der Waals surface area contributed by atoms with Crippen molar-refractivity contribution in [3.63, 3.8) is 0 Å². The number of rotatable bonds is 5. The van der Waals surface area contributed by atoms with Gasteiger partial charge in [-0.15, -0.1) is 0 Å². The fourth-order valence-corrected chi connectivity index (χ4v) is 3.82. The molecule has 150 valence electrons. The van der Waals surface area contributed by atoms with Crippen molar-refractivity contribution in [1.82, 2.24) is 19.9 Å². The predicted octanol–water partition coefficient (Wildman–Crippen LogP) is 3.38. The van der Waals surface area contributed by atoms with Crippen molar-refractivity contribution in [2.75, 3.05) is 18.4 Å². The minimum atomic E-state index is -0.104. The molecule has 1 aliphatic rings. The molecule has 2 atom stereocenters. The van der Waals surface area contributed by atoms with Crippen LogP contribution in [0.4, 0.5) is 5.82 Å². The Morgan fingerprint density at radius 1 is 1.14 bits per heavy atom. The van der Waals surface area contributed by atoms with Gasteiger partial charge in [0.2, 0.25) is 0 Å². The van der Waals surface area contributed by atoms with Crippen LogP contribution in [0.1, 0.15) is 23.7 Å². The molecule has 6 nitrogen and oxygen atoms in total. The first kappa shape index (κ1) is 19.3. The molecule has 6 heteroatoms. The average Bonchev–Trinajstić information content (AvgIpc) is 3.05. The highest BCUT2D eigenvalue weighted by Gasteiger charge is 2.29. The van der Waals surface area contributed by atoms with E-state index in [-0.39, 0.29) is 5.56 Å². The maximum absolute atomic E-state index is 12.0. The molecule has 0 radical (unpaired) electrons. The van der Waals surface area contributed by atoms with Crippen molar-refractivity contribution < 1.29 is 0 Å². The molecule has 2 N–H and O–H groups in total. The van der Waals surface area contributed by atoms with Crippen LogP contribution in [-0.4, -0.2) is 39.0 Å². The average molecular weight is 390 g/mol. The summed E-state index contributed by atoms with van der Waals surface area (Å²) in [7, 11) is 0. The van der Waals surface area contributed by atoms with Crippen LogP contribution in [0.25, 0.3) is 11.4 Å². The molecule has 1 fully saturated rings. The maximum atomic E-state index is 12.0. The Bertz CT molecular complexity index is 1030. The fourth-order valence-electron chi connectivity index (χ4n) is 3.82. The van der Waals surface area contributed by atoms with Gasteiger partial charge in [0.05, 0.1) is 0 Å². The van der Waals surface area contributed by atoms with Crippen LogP contribution in [0.15, 0.2) is 53.5 Å². The Morgan fingerprint density at radius 2 is 1.93 bits per heavy atom. The Kier molecular flexibility index (Phi) is 5.45. The molecule has 3 aromatic rings. The Labute approximate surface area is 171 Å². The van der Waals surface area contributed by atoms with Crippen LogP contribution >= 0.6 is 0 Å². The van der Waals surface area contributed by atoms with Gasteiger partial charge in [0.15, 0.2) is 0 Å². The summed E-state index contributed by atoms with van der Waals surface area (Å²) in [4.78, 5) is 26.3. The van der Waals surface area contributed by atoms with Gasteiger partial charge in [0.25, 0.3) is 5.56 Å². The quantitative estimate of drug-likeness (QED) is 0.700. The number of benzene rings is 1. The second-order valence-corrected chi connectivity index (χ2v) is 7.96. The third kappa shape index (κ3) is 4.38.